The van der Waals surface area contributed by atoms with Gasteiger partial charge in [0.05, 0.1) is 26.3 Å². The number of carbonyl (C=O) groups is 1. The van der Waals surface area contributed by atoms with Crippen molar-refractivity contribution in [3.63, 3.8) is 0 Å². The molecule has 5 heteroatoms. The van der Waals surface area contributed by atoms with Crippen molar-refractivity contribution in [2.24, 2.45) is 5.73 Å². The van der Waals surface area contributed by atoms with Gasteiger partial charge >= 0.3 is 0 Å². The smallest absolute Gasteiger partial charge is 0.207 e. The van der Waals surface area contributed by atoms with Gasteiger partial charge in [-0.25, -0.2) is 0 Å². The molecule has 1 aromatic rings. The van der Waals surface area contributed by atoms with E-state index in [1.165, 1.54) is 26.4 Å². The average molecular weight is 213 g/mol. The molecule has 0 aliphatic rings. The van der Waals surface area contributed by atoms with E-state index in [0.29, 0.717) is 0 Å². The van der Waals surface area contributed by atoms with Gasteiger partial charge in [0.2, 0.25) is 5.82 Å². The van der Waals surface area contributed by atoms with Crippen molar-refractivity contribution in [2.75, 3.05) is 20.8 Å². The summed E-state index contributed by atoms with van der Waals surface area (Å²) >= 11 is 0. The van der Waals surface area contributed by atoms with Crippen molar-refractivity contribution >= 4 is 5.78 Å². The highest BCUT2D eigenvalue weighted by Crippen LogP contribution is 2.30. The zero-order valence-corrected chi connectivity index (χ0v) is 8.54. The highest BCUT2D eigenvalue weighted by molar-refractivity contribution is 6.00. The van der Waals surface area contributed by atoms with Crippen LogP contribution in [0.5, 0.6) is 11.5 Å². The number of benzene rings is 1. The van der Waals surface area contributed by atoms with Crippen molar-refractivity contribution < 1.29 is 18.7 Å². The summed E-state index contributed by atoms with van der Waals surface area (Å²) in [4.78, 5) is 11.3. The lowest BCUT2D eigenvalue weighted by Crippen LogP contribution is -2.15. The van der Waals surface area contributed by atoms with Gasteiger partial charge in [-0.15, -0.1) is 0 Å². The van der Waals surface area contributed by atoms with Crippen LogP contribution < -0.4 is 15.2 Å². The molecule has 0 aliphatic carbocycles. The Morgan fingerprint density at radius 1 is 1.40 bits per heavy atom. The van der Waals surface area contributed by atoms with Gasteiger partial charge in [0.25, 0.3) is 0 Å². The summed E-state index contributed by atoms with van der Waals surface area (Å²) in [6, 6.07) is 2.79. The Balaban J connectivity index is 3.30. The fraction of sp³-hybridized carbons (Fsp3) is 0.300. The van der Waals surface area contributed by atoms with Gasteiger partial charge in [-0.3, -0.25) is 4.79 Å². The van der Waals surface area contributed by atoms with E-state index in [1.807, 2.05) is 0 Å². The molecule has 0 fully saturated rings. The number of carbonyl (C=O) groups excluding carboxylic acids is 1. The van der Waals surface area contributed by atoms with Gasteiger partial charge in [0.15, 0.2) is 17.3 Å². The van der Waals surface area contributed by atoms with Crippen molar-refractivity contribution in [1.29, 1.82) is 0 Å². The van der Waals surface area contributed by atoms with Crippen molar-refractivity contribution in [2.45, 2.75) is 0 Å². The van der Waals surface area contributed by atoms with E-state index in [0.717, 1.165) is 0 Å². The summed E-state index contributed by atoms with van der Waals surface area (Å²) in [6.07, 6.45) is 0. The lowest BCUT2D eigenvalue weighted by molar-refractivity contribution is 0.0997. The lowest BCUT2D eigenvalue weighted by atomic mass is 10.1. The highest BCUT2D eigenvalue weighted by atomic mass is 19.1. The summed E-state index contributed by atoms with van der Waals surface area (Å²) in [5.74, 6) is -1.18. The van der Waals surface area contributed by atoms with Crippen LogP contribution in [0.3, 0.4) is 0 Å². The first-order chi connectivity index (χ1) is 7.15. The van der Waals surface area contributed by atoms with Gasteiger partial charge in [0.1, 0.15) is 0 Å². The maximum Gasteiger partial charge on any atom is 0.207 e. The number of Topliss-reactive ketones (excluding diaryl/α,β-unsaturated/α-hetero) is 1. The van der Waals surface area contributed by atoms with Gasteiger partial charge in [-0.1, -0.05) is 0 Å². The Kier molecular flexibility index (Phi) is 3.62. The van der Waals surface area contributed by atoms with Crippen LogP contribution in [0.15, 0.2) is 12.1 Å². The molecule has 0 unspecified atom stereocenters. The number of hydrogen-bond acceptors (Lipinski definition) is 4. The molecule has 1 rings (SSSR count). The summed E-state index contributed by atoms with van der Waals surface area (Å²) in [7, 11) is 2.62. The molecule has 0 radical (unpaired) electrons. The molecule has 0 saturated carbocycles. The number of nitrogens with two attached hydrogens (primary N) is 1. The lowest BCUT2D eigenvalue weighted by Gasteiger charge is -2.10. The molecule has 2 N–H and O–H groups in total. The number of rotatable bonds is 4. The third-order valence-corrected chi connectivity index (χ3v) is 1.97. The van der Waals surface area contributed by atoms with Crippen LogP contribution >= 0.6 is 0 Å². The van der Waals surface area contributed by atoms with E-state index in [-0.39, 0.29) is 29.4 Å². The quantitative estimate of drug-likeness (QED) is 0.757. The Morgan fingerprint density at radius 2 is 2.07 bits per heavy atom. The molecule has 0 bridgehead atoms. The minimum Gasteiger partial charge on any atom is -0.494 e. The fourth-order valence-electron chi connectivity index (χ4n) is 1.22. The second-order valence-corrected chi connectivity index (χ2v) is 2.79. The Morgan fingerprint density at radius 3 is 2.53 bits per heavy atom. The topological polar surface area (TPSA) is 61.5 Å². The van der Waals surface area contributed by atoms with Gasteiger partial charge in [-0.2, -0.15) is 4.39 Å². The molecule has 0 aliphatic heterocycles. The first kappa shape index (κ1) is 11.5. The van der Waals surface area contributed by atoms with Gasteiger partial charge < -0.3 is 15.2 Å². The fourth-order valence-corrected chi connectivity index (χ4v) is 1.22. The molecule has 1 aromatic carbocycles. The largest absolute Gasteiger partial charge is 0.494 e. The minimum absolute atomic E-state index is 0.0282. The standard InChI is InChI=1S/C10H12FNO3/c1-14-8-4-3-6(7(13)5-12)10(15-2)9(8)11/h3-4H,5,12H2,1-2H3. The summed E-state index contributed by atoms with van der Waals surface area (Å²) in [5, 5.41) is 0. The highest BCUT2D eigenvalue weighted by Gasteiger charge is 2.18. The molecule has 0 heterocycles. The molecular weight excluding hydrogens is 201 g/mol. The Labute approximate surface area is 86.8 Å². The molecule has 15 heavy (non-hydrogen) atoms. The summed E-state index contributed by atoms with van der Waals surface area (Å²) < 4.78 is 23.2. The van der Waals surface area contributed by atoms with Gasteiger partial charge in [0, 0.05) is 0 Å². The molecule has 0 saturated heterocycles. The second kappa shape index (κ2) is 4.75. The second-order valence-electron chi connectivity index (χ2n) is 2.79. The number of methoxy groups -OCH3 is 2. The molecule has 0 aromatic heterocycles. The van der Waals surface area contributed by atoms with Crippen LogP contribution in [0, 0.1) is 5.82 Å². The minimum atomic E-state index is -0.695. The Bertz CT molecular complexity index is 379. The maximum atomic E-state index is 13.6. The predicted octanol–water partition coefficient (Wildman–Crippen LogP) is 0.984. The first-order valence-electron chi connectivity index (χ1n) is 4.29. The van der Waals surface area contributed by atoms with E-state index in [9.17, 15) is 9.18 Å². The monoisotopic (exact) mass is 213 g/mol. The van der Waals surface area contributed by atoms with E-state index in [4.69, 9.17) is 15.2 Å². The van der Waals surface area contributed by atoms with Crippen molar-refractivity contribution in [3.05, 3.63) is 23.5 Å². The van der Waals surface area contributed by atoms with Crippen LogP contribution in [0.25, 0.3) is 0 Å². The van der Waals surface area contributed by atoms with E-state index in [1.54, 1.807) is 0 Å². The van der Waals surface area contributed by atoms with Crippen LogP contribution in [0.1, 0.15) is 10.4 Å². The number of ether oxygens (including phenoxy) is 2. The van der Waals surface area contributed by atoms with E-state index in [2.05, 4.69) is 0 Å². The van der Waals surface area contributed by atoms with Crippen LogP contribution in [-0.4, -0.2) is 26.5 Å². The molecule has 4 nitrogen and oxygen atoms in total. The number of ketones is 1. The Hall–Kier alpha value is -1.62. The number of hydrogen-bond donors (Lipinski definition) is 1. The zero-order valence-electron chi connectivity index (χ0n) is 8.54. The predicted molar refractivity (Wildman–Crippen MR) is 52.9 cm³/mol. The van der Waals surface area contributed by atoms with E-state index >= 15 is 0 Å². The molecule has 0 spiro atoms. The maximum absolute atomic E-state index is 13.6. The van der Waals surface area contributed by atoms with Crippen LogP contribution in [0.4, 0.5) is 4.39 Å². The van der Waals surface area contributed by atoms with Crippen LogP contribution in [0.2, 0.25) is 0 Å². The third kappa shape index (κ3) is 2.07. The first-order valence-corrected chi connectivity index (χ1v) is 4.29. The summed E-state index contributed by atoms with van der Waals surface area (Å²) in [5.41, 5.74) is 5.31. The SMILES string of the molecule is COc1ccc(C(=O)CN)c(OC)c1F. The summed E-state index contributed by atoms with van der Waals surface area (Å²) in [6.45, 7) is -0.192. The van der Waals surface area contributed by atoms with Crippen molar-refractivity contribution in [3.8, 4) is 11.5 Å². The zero-order chi connectivity index (χ0) is 11.4. The molecular formula is C10H12FNO3. The molecule has 82 valence electrons. The average Bonchev–Trinajstić information content (AvgIpc) is 2.27. The van der Waals surface area contributed by atoms with Gasteiger partial charge in [-0.05, 0) is 12.1 Å². The van der Waals surface area contributed by atoms with Crippen LogP contribution in [-0.2, 0) is 0 Å². The molecule has 0 atom stereocenters. The van der Waals surface area contributed by atoms with Crippen molar-refractivity contribution in [1.82, 2.24) is 0 Å². The van der Waals surface area contributed by atoms with E-state index < -0.39 is 5.82 Å². The number of halogens is 1. The molecule has 0 amide bonds. The normalized spacial score (nSPS) is 9.87. The third-order valence-electron chi connectivity index (χ3n) is 1.97.